The number of ether oxygens (including phenoxy) is 1. The molecule has 0 N–H and O–H groups in total. The van der Waals surface area contributed by atoms with Crippen molar-refractivity contribution in [1.29, 1.82) is 0 Å². The molecular weight excluding hydrogens is 348 g/mol. The van der Waals surface area contributed by atoms with E-state index < -0.39 is 0 Å². The second-order valence-corrected chi connectivity index (χ2v) is 6.67. The Hall–Kier alpha value is -2.73. The van der Waals surface area contributed by atoms with Crippen LogP contribution in [0.2, 0.25) is 0 Å². The van der Waals surface area contributed by atoms with Gasteiger partial charge in [0.05, 0.1) is 12.5 Å². The highest BCUT2D eigenvalue weighted by Gasteiger charge is 2.24. The average molecular weight is 368 g/mol. The number of allylic oxidation sites excluding steroid dienone is 2. The number of rotatable bonds is 5. The van der Waals surface area contributed by atoms with Crippen LogP contribution in [0.15, 0.2) is 59.6 Å². The van der Waals surface area contributed by atoms with Crippen molar-refractivity contribution in [3.63, 3.8) is 0 Å². The topological polar surface area (TPSA) is 59.5 Å². The third-order valence-electron chi connectivity index (χ3n) is 3.98. The van der Waals surface area contributed by atoms with Gasteiger partial charge >= 0.3 is 5.97 Å². The minimum absolute atomic E-state index is 0.125. The van der Waals surface area contributed by atoms with Crippen molar-refractivity contribution in [2.45, 2.75) is 20.3 Å². The zero-order valence-electron chi connectivity index (χ0n) is 14.7. The smallest absolute Gasteiger partial charge is 0.313 e. The van der Waals surface area contributed by atoms with Gasteiger partial charge in [-0.05, 0) is 19.4 Å². The Bertz CT molecular complexity index is 855. The second kappa shape index (κ2) is 8.10. The lowest BCUT2D eigenvalue weighted by Gasteiger charge is -2.23. The minimum atomic E-state index is -0.303. The Kier molecular flexibility index (Phi) is 5.63. The summed E-state index contributed by atoms with van der Waals surface area (Å²) < 4.78 is 5.05. The number of thiazole rings is 1. The molecule has 0 fully saturated rings. The number of carbonyl (C=O) groups is 2. The molecule has 0 radical (unpaired) electrons. The van der Waals surface area contributed by atoms with Gasteiger partial charge in [-0.15, -0.1) is 11.3 Å². The van der Waals surface area contributed by atoms with Crippen molar-refractivity contribution in [3.8, 4) is 10.6 Å². The summed E-state index contributed by atoms with van der Waals surface area (Å²) in [5.41, 5.74) is 1.74. The van der Waals surface area contributed by atoms with E-state index in [1.807, 2.05) is 41.8 Å². The quantitative estimate of drug-likeness (QED) is 0.743. The molecule has 1 unspecified atom stereocenters. The van der Waals surface area contributed by atoms with Gasteiger partial charge in [-0.25, -0.2) is 4.98 Å². The van der Waals surface area contributed by atoms with E-state index in [1.54, 1.807) is 24.0 Å². The Balaban J connectivity index is 1.81. The van der Waals surface area contributed by atoms with E-state index >= 15 is 0 Å². The normalized spacial score (nSPS) is 16.1. The highest BCUT2D eigenvalue weighted by molar-refractivity contribution is 7.13. The van der Waals surface area contributed by atoms with Crippen LogP contribution in [0.4, 0.5) is 5.82 Å². The summed E-state index contributed by atoms with van der Waals surface area (Å²) in [4.78, 5) is 30.3. The van der Waals surface area contributed by atoms with E-state index in [9.17, 15) is 9.59 Å². The van der Waals surface area contributed by atoms with Crippen LogP contribution < -0.4 is 4.90 Å². The number of carbonyl (C=O) groups excluding carboxylic acids is 2. The van der Waals surface area contributed by atoms with Gasteiger partial charge in [0.15, 0.2) is 5.82 Å². The second-order valence-electron chi connectivity index (χ2n) is 5.81. The highest BCUT2D eigenvalue weighted by Crippen LogP contribution is 2.31. The van der Waals surface area contributed by atoms with Gasteiger partial charge in [0.2, 0.25) is 5.91 Å². The van der Waals surface area contributed by atoms with Crippen LogP contribution in [0.5, 0.6) is 0 Å². The molecule has 5 nitrogen and oxygen atoms in total. The van der Waals surface area contributed by atoms with E-state index in [0.29, 0.717) is 18.8 Å². The first kappa shape index (κ1) is 18.1. The first-order valence-electron chi connectivity index (χ1n) is 8.46. The van der Waals surface area contributed by atoms with Gasteiger partial charge in [0.1, 0.15) is 5.01 Å². The Morgan fingerprint density at radius 1 is 1.31 bits per heavy atom. The Labute approximate surface area is 156 Å². The monoisotopic (exact) mass is 368 g/mol. The summed E-state index contributed by atoms with van der Waals surface area (Å²) >= 11 is 1.49. The van der Waals surface area contributed by atoms with Gasteiger partial charge in [-0.1, -0.05) is 42.5 Å². The molecule has 1 aromatic carbocycles. The van der Waals surface area contributed by atoms with Crippen molar-refractivity contribution < 1.29 is 14.3 Å². The van der Waals surface area contributed by atoms with Crippen molar-refractivity contribution in [1.82, 2.24) is 4.98 Å². The van der Waals surface area contributed by atoms with Crippen molar-refractivity contribution >= 4 is 29.0 Å². The molecule has 0 spiro atoms. The molecule has 1 amide bonds. The SMILES string of the molecule is CCOC(=O)C1C=CC(N(C(C)=O)c2csc(-c3ccccc3)n2)=CC1. The molecule has 1 atom stereocenters. The number of amides is 1. The average Bonchev–Trinajstić information content (AvgIpc) is 3.12. The first-order valence-corrected chi connectivity index (χ1v) is 9.34. The van der Waals surface area contributed by atoms with E-state index in [1.165, 1.54) is 18.3 Å². The standard InChI is InChI=1S/C20H20N2O3S/c1-3-25-20(24)16-9-11-17(12-10-16)22(14(2)23)18-13-26-19(21-18)15-7-5-4-6-8-15/h4-9,11-13,16H,3,10H2,1-2H3. The third-order valence-corrected chi connectivity index (χ3v) is 4.86. The summed E-state index contributed by atoms with van der Waals surface area (Å²) in [7, 11) is 0. The number of benzene rings is 1. The molecule has 134 valence electrons. The van der Waals surface area contributed by atoms with Crippen LogP contribution in [0.3, 0.4) is 0 Å². The summed E-state index contributed by atoms with van der Waals surface area (Å²) in [5, 5.41) is 2.73. The lowest BCUT2D eigenvalue weighted by Crippen LogP contribution is -2.29. The fourth-order valence-corrected chi connectivity index (χ4v) is 3.55. The zero-order valence-corrected chi connectivity index (χ0v) is 15.5. The van der Waals surface area contributed by atoms with Crippen molar-refractivity contribution in [3.05, 3.63) is 59.6 Å². The lowest BCUT2D eigenvalue weighted by molar-refractivity contribution is -0.146. The van der Waals surface area contributed by atoms with E-state index in [0.717, 1.165) is 16.3 Å². The number of hydrogen-bond acceptors (Lipinski definition) is 5. The van der Waals surface area contributed by atoms with Gasteiger partial charge < -0.3 is 4.74 Å². The fraction of sp³-hybridized carbons (Fsp3) is 0.250. The number of nitrogens with zero attached hydrogens (tertiary/aromatic N) is 2. The van der Waals surface area contributed by atoms with Crippen molar-refractivity contribution in [2.75, 3.05) is 11.5 Å². The summed E-state index contributed by atoms with van der Waals surface area (Å²) in [6.07, 6.45) is 5.95. The molecule has 2 aromatic rings. The van der Waals surface area contributed by atoms with E-state index in [4.69, 9.17) is 4.74 Å². The van der Waals surface area contributed by atoms with Crippen LogP contribution >= 0.6 is 11.3 Å². The van der Waals surface area contributed by atoms with E-state index in [2.05, 4.69) is 4.98 Å². The van der Waals surface area contributed by atoms with Crippen LogP contribution in [-0.4, -0.2) is 23.5 Å². The number of anilines is 1. The van der Waals surface area contributed by atoms with Crippen LogP contribution in [-0.2, 0) is 14.3 Å². The zero-order chi connectivity index (χ0) is 18.5. The maximum atomic E-state index is 12.2. The number of esters is 1. The molecule has 1 aromatic heterocycles. The molecule has 26 heavy (non-hydrogen) atoms. The molecule has 3 rings (SSSR count). The molecule has 0 aliphatic heterocycles. The molecule has 1 aliphatic carbocycles. The summed E-state index contributed by atoms with van der Waals surface area (Å²) in [6.45, 7) is 3.66. The highest BCUT2D eigenvalue weighted by atomic mass is 32.1. The van der Waals surface area contributed by atoms with Gasteiger partial charge in [0, 0.05) is 23.6 Å². The molecule has 1 heterocycles. The molecule has 6 heteroatoms. The molecule has 0 saturated carbocycles. The van der Waals surface area contributed by atoms with Crippen LogP contribution in [0, 0.1) is 5.92 Å². The summed E-state index contributed by atoms with van der Waals surface area (Å²) in [5.74, 6) is -0.0801. The molecular formula is C20H20N2O3S. The maximum Gasteiger partial charge on any atom is 0.313 e. The van der Waals surface area contributed by atoms with Crippen LogP contribution in [0.25, 0.3) is 10.6 Å². The number of aromatic nitrogens is 1. The molecule has 0 bridgehead atoms. The minimum Gasteiger partial charge on any atom is -0.466 e. The fourth-order valence-electron chi connectivity index (χ4n) is 2.76. The Morgan fingerprint density at radius 3 is 2.69 bits per heavy atom. The Morgan fingerprint density at radius 2 is 2.08 bits per heavy atom. The van der Waals surface area contributed by atoms with Gasteiger partial charge in [0.25, 0.3) is 0 Å². The first-order chi connectivity index (χ1) is 12.6. The number of hydrogen-bond donors (Lipinski definition) is 0. The van der Waals surface area contributed by atoms with E-state index in [-0.39, 0.29) is 17.8 Å². The predicted octanol–water partition coefficient (Wildman–Crippen LogP) is 4.19. The van der Waals surface area contributed by atoms with Crippen LogP contribution in [0.1, 0.15) is 20.3 Å². The third kappa shape index (κ3) is 3.91. The molecule has 1 aliphatic rings. The largest absolute Gasteiger partial charge is 0.466 e. The van der Waals surface area contributed by atoms with Gasteiger partial charge in [-0.3, -0.25) is 14.5 Å². The maximum absolute atomic E-state index is 12.2. The predicted molar refractivity (Wildman–Crippen MR) is 103 cm³/mol. The summed E-state index contributed by atoms with van der Waals surface area (Å²) in [6, 6.07) is 9.86. The lowest BCUT2D eigenvalue weighted by atomic mass is 9.99. The van der Waals surface area contributed by atoms with Gasteiger partial charge in [-0.2, -0.15) is 0 Å². The molecule has 0 saturated heterocycles. The van der Waals surface area contributed by atoms with Crippen molar-refractivity contribution in [2.24, 2.45) is 5.92 Å².